The predicted molar refractivity (Wildman–Crippen MR) is 101 cm³/mol. The minimum absolute atomic E-state index is 0.00493. The highest BCUT2D eigenvalue weighted by atomic mass is 32.2. The SMILES string of the molecule is O=C(Nc1ccc(C(F)(F)F)cc1)N(NS(=O)(=O)c1ccccc1)C1CCCC1. The van der Waals surface area contributed by atoms with Crippen molar-refractivity contribution >= 4 is 21.7 Å². The van der Waals surface area contributed by atoms with E-state index in [1.165, 1.54) is 12.1 Å². The first-order chi connectivity index (χ1) is 13.7. The Kier molecular flexibility index (Phi) is 6.13. The van der Waals surface area contributed by atoms with Gasteiger partial charge in [-0.05, 0) is 49.2 Å². The van der Waals surface area contributed by atoms with Crippen molar-refractivity contribution in [1.29, 1.82) is 0 Å². The lowest BCUT2D eigenvalue weighted by atomic mass is 10.2. The number of rotatable bonds is 5. The molecule has 0 heterocycles. The molecule has 0 atom stereocenters. The van der Waals surface area contributed by atoms with E-state index in [-0.39, 0.29) is 16.6 Å². The van der Waals surface area contributed by atoms with Gasteiger partial charge in [0.05, 0.1) is 16.5 Å². The number of alkyl halides is 3. The second-order valence-corrected chi connectivity index (χ2v) is 8.38. The van der Waals surface area contributed by atoms with Gasteiger partial charge in [0, 0.05) is 5.69 Å². The molecule has 3 rings (SSSR count). The molecule has 1 saturated carbocycles. The van der Waals surface area contributed by atoms with Crippen molar-refractivity contribution in [1.82, 2.24) is 9.84 Å². The third-order valence-electron chi connectivity index (χ3n) is 4.64. The van der Waals surface area contributed by atoms with Gasteiger partial charge in [0.1, 0.15) is 0 Å². The first-order valence-corrected chi connectivity index (χ1v) is 10.5. The van der Waals surface area contributed by atoms with Gasteiger partial charge in [-0.2, -0.15) is 13.2 Å². The maximum Gasteiger partial charge on any atom is 0.416 e. The standard InChI is InChI=1S/C19H20F3N3O3S/c20-19(21,22)14-10-12-15(13-11-14)23-18(26)25(16-6-4-5-7-16)24-29(27,28)17-8-2-1-3-9-17/h1-3,8-13,16,24H,4-7H2,(H,23,26). The summed E-state index contributed by atoms with van der Waals surface area (Å²) in [7, 11) is -3.99. The summed E-state index contributed by atoms with van der Waals surface area (Å²) >= 11 is 0. The Balaban J connectivity index is 1.79. The van der Waals surface area contributed by atoms with Crippen LogP contribution < -0.4 is 10.1 Å². The molecule has 156 valence electrons. The molecule has 2 N–H and O–H groups in total. The number of urea groups is 1. The fraction of sp³-hybridized carbons (Fsp3) is 0.316. The van der Waals surface area contributed by atoms with Crippen LogP contribution in [0.25, 0.3) is 0 Å². The Bertz CT molecular complexity index is 942. The first kappa shape index (κ1) is 21.1. The molecule has 0 aromatic heterocycles. The number of anilines is 1. The number of nitrogens with zero attached hydrogens (tertiary/aromatic N) is 1. The highest BCUT2D eigenvalue weighted by Gasteiger charge is 2.32. The third kappa shape index (κ3) is 5.27. The Morgan fingerprint density at radius 3 is 2.10 bits per heavy atom. The molecule has 2 aromatic carbocycles. The van der Waals surface area contributed by atoms with E-state index in [9.17, 15) is 26.4 Å². The highest BCUT2D eigenvalue weighted by Crippen LogP contribution is 2.30. The van der Waals surface area contributed by atoms with Crippen molar-refractivity contribution in [2.24, 2.45) is 0 Å². The molecule has 29 heavy (non-hydrogen) atoms. The summed E-state index contributed by atoms with van der Waals surface area (Å²) < 4.78 is 63.4. The number of sulfonamides is 1. The molecule has 0 radical (unpaired) electrons. The normalized spacial score (nSPS) is 15.3. The number of benzene rings is 2. The van der Waals surface area contributed by atoms with Crippen LogP contribution in [-0.4, -0.2) is 25.5 Å². The second-order valence-electron chi connectivity index (χ2n) is 6.72. The number of hydrogen-bond donors (Lipinski definition) is 2. The molecule has 0 unspecified atom stereocenters. The van der Waals surface area contributed by atoms with E-state index in [1.54, 1.807) is 18.2 Å². The first-order valence-electron chi connectivity index (χ1n) is 9.02. The third-order valence-corrected chi connectivity index (χ3v) is 5.97. The minimum atomic E-state index is -4.48. The topological polar surface area (TPSA) is 78.5 Å². The van der Waals surface area contributed by atoms with E-state index in [0.29, 0.717) is 12.8 Å². The Morgan fingerprint density at radius 2 is 1.55 bits per heavy atom. The van der Waals surface area contributed by atoms with E-state index < -0.39 is 27.8 Å². The van der Waals surface area contributed by atoms with Crippen LogP contribution in [0.3, 0.4) is 0 Å². The van der Waals surface area contributed by atoms with Gasteiger partial charge in [-0.1, -0.05) is 31.0 Å². The predicted octanol–water partition coefficient (Wildman–Crippen LogP) is 4.38. The molecule has 0 saturated heterocycles. The molecule has 0 aliphatic heterocycles. The summed E-state index contributed by atoms with van der Waals surface area (Å²) in [6.45, 7) is 0. The van der Waals surface area contributed by atoms with Crippen molar-refractivity contribution in [3.8, 4) is 0 Å². The van der Waals surface area contributed by atoms with Crippen molar-refractivity contribution in [3.05, 3.63) is 60.2 Å². The van der Waals surface area contributed by atoms with Gasteiger partial charge in [-0.25, -0.2) is 18.2 Å². The fourth-order valence-corrected chi connectivity index (χ4v) is 4.26. The number of hydrogen-bond acceptors (Lipinski definition) is 3. The molecular formula is C19H20F3N3O3S. The molecule has 2 amide bonds. The second kappa shape index (κ2) is 8.42. The minimum Gasteiger partial charge on any atom is -0.307 e. The highest BCUT2D eigenvalue weighted by molar-refractivity contribution is 7.89. The summed E-state index contributed by atoms with van der Waals surface area (Å²) in [5.74, 6) is 0. The monoisotopic (exact) mass is 427 g/mol. The van der Waals surface area contributed by atoms with Crippen molar-refractivity contribution in [3.63, 3.8) is 0 Å². The van der Waals surface area contributed by atoms with Crippen LogP contribution in [0.4, 0.5) is 23.7 Å². The molecule has 1 fully saturated rings. The summed E-state index contributed by atoms with van der Waals surface area (Å²) in [6.07, 6.45) is -1.54. The van der Waals surface area contributed by atoms with Crippen LogP contribution in [0, 0.1) is 0 Å². The maximum atomic E-state index is 12.8. The van der Waals surface area contributed by atoms with Crippen molar-refractivity contribution in [2.75, 3.05) is 5.32 Å². The lowest BCUT2D eigenvalue weighted by Gasteiger charge is -2.29. The zero-order chi connectivity index (χ0) is 21.1. The summed E-state index contributed by atoms with van der Waals surface area (Å²) in [4.78, 5) is 15.1. The number of halogens is 3. The largest absolute Gasteiger partial charge is 0.416 e. The number of carbonyl (C=O) groups excluding carboxylic acids is 1. The molecule has 1 aliphatic carbocycles. The fourth-order valence-electron chi connectivity index (χ4n) is 3.15. The molecule has 0 spiro atoms. The zero-order valence-electron chi connectivity index (χ0n) is 15.3. The van der Waals surface area contributed by atoms with Gasteiger partial charge >= 0.3 is 12.2 Å². The Labute approximate surface area is 166 Å². The van der Waals surface area contributed by atoms with Gasteiger partial charge in [0.15, 0.2) is 0 Å². The lowest BCUT2D eigenvalue weighted by Crippen LogP contribution is -2.52. The average Bonchev–Trinajstić information content (AvgIpc) is 3.21. The lowest BCUT2D eigenvalue weighted by molar-refractivity contribution is -0.137. The van der Waals surface area contributed by atoms with E-state index >= 15 is 0 Å². The zero-order valence-corrected chi connectivity index (χ0v) is 16.1. The van der Waals surface area contributed by atoms with E-state index in [1.807, 2.05) is 0 Å². The van der Waals surface area contributed by atoms with Crippen LogP contribution >= 0.6 is 0 Å². The van der Waals surface area contributed by atoms with Gasteiger partial charge in [0.25, 0.3) is 10.0 Å². The van der Waals surface area contributed by atoms with Crippen LogP contribution in [0.5, 0.6) is 0 Å². The quantitative estimate of drug-likeness (QED) is 0.696. The molecule has 2 aromatic rings. The van der Waals surface area contributed by atoms with Crippen LogP contribution in [0.1, 0.15) is 31.2 Å². The smallest absolute Gasteiger partial charge is 0.307 e. The summed E-state index contributed by atoms with van der Waals surface area (Å²) in [6, 6.07) is 10.5. The Hall–Kier alpha value is -2.59. The number of hydrazine groups is 1. The van der Waals surface area contributed by atoms with E-state index in [0.717, 1.165) is 42.1 Å². The van der Waals surface area contributed by atoms with E-state index in [4.69, 9.17) is 0 Å². The van der Waals surface area contributed by atoms with Crippen LogP contribution in [-0.2, 0) is 16.2 Å². The maximum absolute atomic E-state index is 12.8. The van der Waals surface area contributed by atoms with Crippen molar-refractivity contribution in [2.45, 2.75) is 42.8 Å². The number of carbonyl (C=O) groups is 1. The molecular weight excluding hydrogens is 407 g/mol. The average molecular weight is 427 g/mol. The van der Waals surface area contributed by atoms with Gasteiger partial charge in [-0.15, -0.1) is 4.83 Å². The van der Waals surface area contributed by atoms with Crippen LogP contribution in [0.2, 0.25) is 0 Å². The molecule has 10 heteroatoms. The molecule has 1 aliphatic rings. The van der Waals surface area contributed by atoms with Gasteiger partial charge in [0.2, 0.25) is 0 Å². The number of nitrogens with one attached hydrogen (secondary N) is 2. The molecule has 0 bridgehead atoms. The van der Waals surface area contributed by atoms with E-state index in [2.05, 4.69) is 10.1 Å². The summed E-state index contributed by atoms with van der Waals surface area (Å²) in [5.41, 5.74) is -0.710. The molecule has 6 nitrogen and oxygen atoms in total. The number of amides is 2. The van der Waals surface area contributed by atoms with Crippen molar-refractivity contribution < 1.29 is 26.4 Å². The van der Waals surface area contributed by atoms with Gasteiger partial charge < -0.3 is 5.32 Å². The van der Waals surface area contributed by atoms with Crippen LogP contribution in [0.15, 0.2) is 59.5 Å². The Morgan fingerprint density at radius 1 is 0.966 bits per heavy atom. The summed E-state index contributed by atoms with van der Waals surface area (Å²) in [5, 5.41) is 3.49. The van der Waals surface area contributed by atoms with Gasteiger partial charge in [-0.3, -0.25) is 0 Å².